The first-order valence-corrected chi connectivity index (χ1v) is 6.90. The number of anilines is 1. The topological polar surface area (TPSA) is 64.9 Å². The standard InChI is InChI=1S/C15H12BrN3O/c1-9-5-4-6-10(13(9)16)14-12(15(17)19-20-14)11-7-2-3-8-18-11/h2-8H,1H3,(H2,17,19). The minimum atomic E-state index is 0.340. The van der Waals surface area contributed by atoms with Crippen molar-refractivity contribution in [2.24, 2.45) is 0 Å². The van der Waals surface area contributed by atoms with Crippen molar-refractivity contribution in [3.8, 4) is 22.6 Å². The highest BCUT2D eigenvalue weighted by atomic mass is 79.9. The summed E-state index contributed by atoms with van der Waals surface area (Å²) in [6.45, 7) is 2.02. The van der Waals surface area contributed by atoms with E-state index in [1.165, 1.54) is 0 Å². The third-order valence-corrected chi connectivity index (χ3v) is 4.13. The van der Waals surface area contributed by atoms with Crippen LogP contribution in [0, 0.1) is 6.92 Å². The Morgan fingerprint density at radius 2 is 2.00 bits per heavy atom. The Bertz CT molecular complexity index is 753. The van der Waals surface area contributed by atoms with E-state index < -0.39 is 0 Å². The maximum atomic E-state index is 5.94. The van der Waals surface area contributed by atoms with E-state index in [0.29, 0.717) is 11.6 Å². The van der Waals surface area contributed by atoms with Crippen LogP contribution in [0.4, 0.5) is 5.82 Å². The second-order valence-electron chi connectivity index (χ2n) is 4.42. The highest BCUT2D eigenvalue weighted by Gasteiger charge is 2.20. The van der Waals surface area contributed by atoms with Gasteiger partial charge in [-0.1, -0.05) is 23.4 Å². The quantitative estimate of drug-likeness (QED) is 0.770. The van der Waals surface area contributed by atoms with Crippen molar-refractivity contribution in [3.63, 3.8) is 0 Å². The van der Waals surface area contributed by atoms with E-state index in [1.807, 2.05) is 43.3 Å². The first-order chi connectivity index (χ1) is 9.68. The van der Waals surface area contributed by atoms with Crippen molar-refractivity contribution in [1.82, 2.24) is 10.1 Å². The molecule has 1 aromatic carbocycles. The summed E-state index contributed by atoms with van der Waals surface area (Å²) in [5.41, 5.74) is 9.43. The number of hydrogen-bond donors (Lipinski definition) is 1. The number of pyridine rings is 1. The molecule has 2 heterocycles. The van der Waals surface area contributed by atoms with Gasteiger partial charge in [-0.05, 0) is 46.6 Å². The summed E-state index contributed by atoms with van der Waals surface area (Å²) in [6, 6.07) is 11.6. The SMILES string of the molecule is Cc1cccc(-c2onc(N)c2-c2ccccn2)c1Br. The van der Waals surface area contributed by atoms with E-state index >= 15 is 0 Å². The summed E-state index contributed by atoms with van der Waals surface area (Å²) in [6.07, 6.45) is 1.72. The van der Waals surface area contributed by atoms with E-state index in [4.69, 9.17) is 10.3 Å². The molecule has 2 N–H and O–H groups in total. The number of halogens is 1. The largest absolute Gasteiger partial charge is 0.380 e. The Hall–Kier alpha value is -2.14. The van der Waals surface area contributed by atoms with E-state index in [9.17, 15) is 0 Å². The predicted molar refractivity (Wildman–Crippen MR) is 82.0 cm³/mol. The lowest BCUT2D eigenvalue weighted by atomic mass is 10.0. The molecule has 0 radical (unpaired) electrons. The summed E-state index contributed by atoms with van der Waals surface area (Å²) in [5, 5.41) is 3.88. The van der Waals surface area contributed by atoms with Gasteiger partial charge in [0.1, 0.15) is 0 Å². The predicted octanol–water partition coefficient (Wildman–Crippen LogP) is 4.06. The van der Waals surface area contributed by atoms with Crippen LogP contribution in [-0.4, -0.2) is 10.1 Å². The molecular formula is C15H12BrN3O. The Morgan fingerprint density at radius 1 is 1.15 bits per heavy atom. The molecule has 0 spiro atoms. The molecule has 5 heteroatoms. The van der Waals surface area contributed by atoms with Crippen LogP contribution < -0.4 is 5.73 Å². The molecule has 3 rings (SSSR count). The first-order valence-electron chi connectivity index (χ1n) is 6.10. The van der Waals surface area contributed by atoms with Gasteiger partial charge in [-0.3, -0.25) is 4.98 Å². The van der Waals surface area contributed by atoms with Crippen molar-refractivity contribution in [2.45, 2.75) is 6.92 Å². The maximum absolute atomic E-state index is 5.94. The molecule has 0 saturated heterocycles. The summed E-state index contributed by atoms with van der Waals surface area (Å²) in [7, 11) is 0. The van der Waals surface area contributed by atoms with Gasteiger partial charge < -0.3 is 10.3 Å². The second kappa shape index (κ2) is 5.09. The smallest absolute Gasteiger partial charge is 0.179 e. The van der Waals surface area contributed by atoms with Crippen LogP contribution in [0.15, 0.2) is 51.6 Å². The van der Waals surface area contributed by atoms with Crippen LogP contribution in [0.1, 0.15) is 5.56 Å². The zero-order valence-corrected chi connectivity index (χ0v) is 12.4. The van der Waals surface area contributed by atoms with Crippen LogP contribution in [0.5, 0.6) is 0 Å². The molecule has 0 bridgehead atoms. The lowest BCUT2D eigenvalue weighted by Gasteiger charge is -2.06. The summed E-state index contributed by atoms with van der Waals surface area (Å²) in [5.74, 6) is 0.962. The Kier molecular flexibility index (Phi) is 3.28. The van der Waals surface area contributed by atoms with Crippen molar-refractivity contribution in [2.75, 3.05) is 5.73 Å². The van der Waals surface area contributed by atoms with Crippen LogP contribution in [0.3, 0.4) is 0 Å². The fourth-order valence-electron chi connectivity index (χ4n) is 2.07. The number of nitrogen functional groups attached to an aromatic ring is 1. The summed E-state index contributed by atoms with van der Waals surface area (Å²) in [4.78, 5) is 4.32. The van der Waals surface area contributed by atoms with Crippen molar-refractivity contribution < 1.29 is 4.52 Å². The monoisotopic (exact) mass is 329 g/mol. The molecule has 0 aliphatic rings. The van der Waals surface area contributed by atoms with Crippen molar-refractivity contribution >= 4 is 21.7 Å². The molecule has 0 amide bonds. The Morgan fingerprint density at radius 3 is 2.75 bits per heavy atom. The molecule has 0 aliphatic heterocycles. The van der Waals surface area contributed by atoms with Gasteiger partial charge in [0.25, 0.3) is 0 Å². The molecule has 3 aromatic rings. The van der Waals surface area contributed by atoms with Crippen molar-refractivity contribution in [1.29, 1.82) is 0 Å². The number of aryl methyl sites for hydroxylation is 1. The van der Waals surface area contributed by atoms with Gasteiger partial charge in [-0.2, -0.15) is 0 Å². The average molecular weight is 330 g/mol. The molecule has 0 saturated carbocycles. The van der Waals surface area contributed by atoms with Crippen LogP contribution in [0.2, 0.25) is 0 Å². The van der Waals surface area contributed by atoms with Gasteiger partial charge >= 0.3 is 0 Å². The third kappa shape index (κ3) is 2.10. The van der Waals surface area contributed by atoms with Gasteiger partial charge in [0.15, 0.2) is 11.6 Å². The van der Waals surface area contributed by atoms with Crippen molar-refractivity contribution in [3.05, 3.63) is 52.6 Å². The van der Waals surface area contributed by atoms with E-state index in [1.54, 1.807) is 6.20 Å². The lowest BCUT2D eigenvalue weighted by molar-refractivity contribution is 0.436. The zero-order valence-electron chi connectivity index (χ0n) is 10.8. The van der Waals surface area contributed by atoms with E-state index in [2.05, 4.69) is 26.1 Å². The number of benzene rings is 1. The van der Waals surface area contributed by atoms with E-state index in [0.717, 1.165) is 26.9 Å². The minimum absolute atomic E-state index is 0.340. The van der Waals surface area contributed by atoms with Gasteiger partial charge in [0.2, 0.25) is 0 Å². The molecule has 20 heavy (non-hydrogen) atoms. The van der Waals surface area contributed by atoms with Crippen LogP contribution in [-0.2, 0) is 0 Å². The van der Waals surface area contributed by atoms with Gasteiger partial charge in [-0.15, -0.1) is 0 Å². The van der Waals surface area contributed by atoms with Gasteiger partial charge in [0, 0.05) is 16.2 Å². The normalized spacial score (nSPS) is 10.7. The number of nitrogens with zero attached hydrogens (tertiary/aromatic N) is 2. The maximum Gasteiger partial charge on any atom is 0.179 e. The molecule has 100 valence electrons. The van der Waals surface area contributed by atoms with Gasteiger partial charge in [0.05, 0.1) is 11.3 Å². The third-order valence-electron chi connectivity index (χ3n) is 3.08. The molecular weight excluding hydrogens is 318 g/mol. The highest BCUT2D eigenvalue weighted by Crippen LogP contribution is 2.39. The number of aromatic nitrogens is 2. The zero-order chi connectivity index (χ0) is 14.1. The fourth-order valence-corrected chi connectivity index (χ4v) is 2.51. The van der Waals surface area contributed by atoms with E-state index in [-0.39, 0.29) is 0 Å². The molecule has 0 atom stereocenters. The van der Waals surface area contributed by atoms with Crippen LogP contribution >= 0.6 is 15.9 Å². The summed E-state index contributed by atoms with van der Waals surface area (Å²) < 4.78 is 6.39. The Balaban J connectivity index is 2.24. The highest BCUT2D eigenvalue weighted by molar-refractivity contribution is 9.10. The number of rotatable bonds is 2. The fraction of sp³-hybridized carbons (Fsp3) is 0.0667. The summed E-state index contributed by atoms with van der Waals surface area (Å²) >= 11 is 3.58. The first kappa shape index (κ1) is 12.9. The molecule has 4 nitrogen and oxygen atoms in total. The Labute approximate surface area is 124 Å². The molecule has 0 unspecified atom stereocenters. The molecule has 0 aliphatic carbocycles. The van der Waals surface area contributed by atoms with Gasteiger partial charge in [-0.25, -0.2) is 0 Å². The molecule has 2 aromatic heterocycles. The average Bonchev–Trinajstić information content (AvgIpc) is 2.84. The number of nitrogens with two attached hydrogens (primary N) is 1. The molecule has 0 fully saturated rings. The minimum Gasteiger partial charge on any atom is -0.380 e. The lowest BCUT2D eigenvalue weighted by Crippen LogP contribution is -1.91. The second-order valence-corrected chi connectivity index (χ2v) is 5.22. The number of hydrogen-bond acceptors (Lipinski definition) is 4. The van der Waals surface area contributed by atoms with Crippen LogP contribution in [0.25, 0.3) is 22.6 Å².